The van der Waals surface area contributed by atoms with Crippen molar-refractivity contribution in [3.8, 4) is 5.75 Å². The topological polar surface area (TPSA) is 79.9 Å². The molecule has 1 aliphatic carbocycles. The van der Waals surface area contributed by atoms with Crippen LogP contribution < -0.4 is 15.4 Å². The number of nitrogens with zero attached hydrogens (tertiary/aromatic N) is 1. The summed E-state index contributed by atoms with van der Waals surface area (Å²) >= 11 is 0. The summed E-state index contributed by atoms with van der Waals surface area (Å²) in [5.74, 6) is -0.155. The third-order valence-corrected chi connectivity index (χ3v) is 7.30. The second kappa shape index (κ2) is 10.3. The van der Waals surface area contributed by atoms with E-state index >= 15 is 0 Å². The first kappa shape index (κ1) is 23.8. The molecule has 8 heteroatoms. The zero-order valence-electron chi connectivity index (χ0n) is 20.0. The SMILES string of the molecule is CNC(=O)c1cc(C(=O)N[C@@H]2C[C@H]2CCN2CCOCC2)cc2c1O[C@H](CF)[C@H]2c1ccccc1. The molecule has 186 valence electrons. The van der Waals surface area contributed by atoms with E-state index in [1.807, 2.05) is 30.3 Å². The summed E-state index contributed by atoms with van der Waals surface area (Å²) in [5, 5.41) is 5.75. The zero-order valence-corrected chi connectivity index (χ0v) is 20.0. The van der Waals surface area contributed by atoms with Gasteiger partial charge in [0.05, 0.1) is 24.7 Å². The highest BCUT2D eigenvalue weighted by Gasteiger charge is 2.41. The Morgan fingerprint density at radius 3 is 2.60 bits per heavy atom. The minimum Gasteiger partial charge on any atom is -0.486 e. The number of fused-ring (bicyclic) bond motifs is 1. The van der Waals surface area contributed by atoms with Gasteiger partial charge in [-0.1, -0.05) is 30.3 Å². The van der Waals surface area contributed by atoms with E-state index in [2.05, 4.69) is 15.5 Å². The minimum atomic E-state index is -0.748. The van der Waals surface area contributed by atoms with Gasteiger partial charge in [0, 0.05) is 37.3 Å². The molecule has 2 amide bonds. The predicted molar refractivity (Wildman–Crippen MR) is 130 cm³/mol. The number of ether oxygens (including phenoxy) is 2. The first-order valence-corrected chi connectivity index (χ1v) is 12.4. The Hall–Kier alpha value is -2.97. The Morgan fingerprint density at radius 2 is 1.89 bits per heavy atom. The van der Waals surface area contributed by atoms with Crippen LogP contribution in [0.15, 0.2) is 42.5 Å². The Kier molecular flexibility index (Phi) is 7.02. The molecule has 0 unspecified atom stereocenters. The molecule has 0 aromatic heterocycles. The third-order valence-electron chi connectivity index (χ3n) is 7.30. The van der Waals surface area contributed by atoms with Gasteiger partial charge in [0.15, 0.2) is 0 Å². The number of hydrogen-bond acceptors (Lipinski definition) is 5. The highest BCUT2D eigenvalue weighted by Crippen LogP contribution is 2.45. The molecular formula is C27H32FN3O4. The monoisotopic (exact) mass is 481 g/mol. The molecular weight excluding hydrogens is 449 g/mol. The maximum Gasteiger partial charge on any atom is 0.254 e. The smallest absolute Gasteiger partial charge is 0.254 e. The minimum absolute atomic E-state index is 0.139. The molecule has 2 aromatic carbocycles. The van der Waals surface area contributed by atoms with Crippen molar-refractivity contribution in [3.63, 3.8) is 0 Å². The van der Waals surface area contributed by atoms with E-state index in [1.165, 1.54) is 7.05 Å². The van der Waals surface area contributed by atoms with Crippen molar-refractivity contribution in [3.05, 3.63) is 64.7 Å². The summed E-state index contributed by atoms with van der Waals surface area (Å²) in [6, 6.07) is 13.0. The largest absolute Gasteiger partial charge is 0.486 e. The molecule has 35 heavy (non-hydrogen) atoms. The predicted octanol–water partition coefficient (Wildman–Crippen LogP) is 2.75. The van der Waals surface area contributed by atoms with E-state index in [0.29, 0.717) is 22.8 Å². The lowest BCUT2D eigenvalue weighted by molar-refractivity contribution is 0.0367. The van der Waals surface area contributed by atoms with E-state index in [9.17, 15) is 14.0 Å². The lowest BCUT2D eigenvalue weighted by Gasteiger charge is -2.26. The van der Waals surface area contributed by atoms with Crippen molar-refractivity contribution in [1.29, 1.82) is 0 Å². The van der Waals surface area contributed by atoms with Gasteiger partial charge in [0.2, 0.25) is 0 Å². The van der Waals surface area contributed by atoms with Crippen molar-refractivity contribution >= 4 is 11.8 Å². The molecule has 2 fully saturated rings. The summed E-state index contributed by atoms with van der Waals surface area (Å²) in [6.07, 6.45) is 1.26. The number of alkyl halides is 1. The zero-order chi connectivity index (χ0) is 24.4. The molecule has 4 atom stereocenters. The summed E-state index contributed by atoms with van der Waals surface area (Å²) in [5.41, 5.74) is 2.21. The summed E-state index contributed by atoms with van der Waals surface area (Å²) in [7, 11) is 1.53. The van der Waals surface area contributed by atoms with Crippen LogP contribution in [0.4, 0.5) is 4.39 Å². The number of carbonyl (C=O) groups excluding carboxylic acids is 2. The number of halogens is 1. The molecule has 3 aliphatic rings. The normalized spacial score (nSPS) is 25.4. The van der Waals surface area contributed by atoms with E-state index < -0.39 is 18.7 Å². The molecule has 2 aliphatic heterocycles. The number of rotatable bonds is 8. The van der Waals surface area contributed by atoms with Crippen molar-refractivity contribution in [2.24, 2.45) is 5.92 Å². The second-order valence-electron chi connectivity index (χ2n) is 9.54. The molecule has 2 heterocycles. The van der Waals surface area contributed by atoms with Crippen LogP contribution in [0.5, 0.6) is 5.75 Å². The summed E-state index contributed by atoms with van der Waals surface area (Å²) < 4.78 is 25.3. The third kappa shape index (κ3) is 5.04. The Balaban J connectivity index is 1.34. The van der Waals surface area contributed by atoms with Gasteiger partial charge < -0.3 is 20.1 Å². The van der Waals surface area contributed by atoms with Crippen LogP contribution in [0.25, 0.3) is 0 Å². The highest BCUT2D eigenvalue weighted by atomic mass is 19.1. The van der Waals surface area contributed by atoms with Crippen LogP contribution in [0.2, 0.25) is 0 Å². The van der Waals surface area contributed by atoms with Crippen molar-refractivity contribution in [1.82, 2.24) is 15.5 Å². The van der Waals surface area contributed by atoms with Gasteiger partial charge in [-0.3, -0.25) is 14.5 Å². The first-order chi connectivity index (χ1) is 17.1. The molecule has 5 rings (SSSR count). The molecule has 1 saturated heterocycles. The molecule has 0 spiro atoms. The number of hydrogen-bond donors (Lipinski definition) is 2. The average Bonchev–Trinajstić information content (AvgIpc) is 3.53. The molecule has 0 radical (unpaired) electrons. The van der Waals surface area contributed by atoms with E-state index in [-0.39, 0.29) is 23.4 Å². The van der Waals surface area contributed by atoms with Crippen LogP contribution in [-0.4, -0.2) is 75.4 Å². The molecule has 2 aromatic rings. The van der Waals surface area contributed by atoms with Gasteiger partial charge in [-0.05, 0) is 43.0 Å². The summed E-state index contributed by atoms with van der Waals surface area (Å²) in [6.45, 7) is 3.82. The molecule has 0 bridgehead atoms. The fraction of sp³-hybridized carbons (Fsp3) is 0.481. The number of morpholine rings is 1. The number of nitrogens with one attached hydrogen (secondary N) is 2. The highest BCUT2D eigenvalue weighted by molar-refractivity contribution is 6.02. The summed E-state index contributed by atoms with van der Waals surface area (Å²) in [4.78, 5) is 28.3. The number of benzene rings is 2. The van der Waals surface area contributed by atoms with E-state index in [4.69, 9.17) is 9.47 Å². The van der Waals surface area contributed by atoms with Crippen LogP contribution in [0.1, 0.15) is 50.6 Å². The van der Waals surface area contributed by atoms with Gasteiger partial charge in [-0.2, -0.15) is 0 Å². The van der Waals surface area contributed by atoms with Gasteiger partial charge in [0.1, 0.15) is 18.5 Å². The molecule has 2 N–H and O–H groups in total. The Labute approximate surface area is 205 Å². The van der Waals surface area contributed by atoms with Gasteiger partial charge in [-0.25, -0.2) is 4.39 Å². The van der Waals surface area contributed by atoms with E-state index in [0.717, 1.165) is 51.3 Å². The van der Waals surface area contributed by atoms with Crippen LogP contribution in [-0.2, 0) is 4.74 Å². The maximum absolute atomic E-state index is 14.0. The molecule has 1 saturated carbocycles. The van der Waals surface area contributed by atoms with Gasteiger partial charge >= 0.3 is 0 Å². The fourth-order valence-electron chi connectivity index (χ4n) is 5.21. The average molecular weight is 482 g/mol. The second-order valence-corrected chi connectivity index (χ2v) is 9.54. The van der Waals surface area contributed by atoms with Crippen LogP contribution in [0, 0.1) is 5.92 Å². The van der Waals surface area contributed by atoms with E-state index in [1.54, 1.807) is 12.1 Å². The van der Waals surface area contributed by atoms with Crippen molar-refractivity contribution < 1.29 is 23.5 Å². The van der Waals surface area contributed by atoms with Gasteiger partial charge in [0.25, 0.3) is 11.8 Å². The maximum atomic E-state index is 14.0. The van der Waals surface area contributed by atoms with Crippen LogP contribution >= 0.6 is 0 Å². The first-order valence-electron chi connectivity index (χ1n) is 12.4. The molecule has 7 nitrogen and oxygen atoms in total. The fourth-order valence-corrected chi connectivity index (χ4v) is 5.21. The van der Waals surface area contributed by atoms with Crippen LogP contribution in [0.3, 0.4) is 0 Å². The number of amides is 2. The number of carbonyl (C=O) groups is 2. The quantitative estimate of drug-likeness (QED) is 0.606. The lowest BCUT2D eigenvalue weighted by atomic mass is 9.86. The van der Waals surface area contributed by atoms with Crippen molar-refractivity contribution in [2.75, 3.05) is 46.6 Å². The standard InChI is InChI=1S/C27H32FN3O4/c1-29-27(33)21-14-19(26(32)30-22-15-18(22)7-8-31-9-11-34-12-10-31)13-20-24(17-5-3-2-4-6-17)23(16-28)35-25(20)21/h2-6,13-14,18,22-24H,7-12,15-16H2,1H3,(H,29,33)(H,30,32)/t18-,22-,23-,24+/m1/s1. The Bertz CT molecular complexity index is 1070. The lowest BCUT2D eigenvalue weighted by Crippen LogP contribution is -2.37. The van der Waals surface area contributed by atoms with Crippen molar-refractivity contribution in [2.45, 2.75) is 30.9 Å². The Morgan fingerprint density at radius 1 is 1.11 bits per heavy atom. The van der Waals surface area contributed by atoms with Gasteiger partial charge in [-0.15, -0.1) is 0 Å².